The highest BCUT2D eigenvalue weighted by Gasteiger charge is 2.36. The van der Waals surface area contributed by atoms with Gasteiger partial charge in [0, 0.05) is 0 Å². The number of hydrogen-bond acceptors (Lipinski definition) is 4. The van der Waals surface area contributed by atoms with Gasteiger partial charge in [0.2, 0.25) is 0 Å². The third-order valence-corrected chi connectivity index (χ3v) is 4.20. The molecule has 5 heteroatoms. The summed E-state index contributed by atoms with van der Waals surface area (Å²) in [5.74, 6) is -0.210. The van der Waals surface area contributed by atoms with Crippen molar-refractivity contribution in [1.82, 2.24) is 0 Å². The second-order valence-corrected chi connectivity index (χ2v) is 5.11. The zero-order valence-electron chi connectivity index (χ0n) is 9.73. The van der Waals surface area contributed by atoms with Gasteiger partial charge in [0.25, 0.3) is 0 Å². The van der Waals surface area contributed by atoms with E-state index in [0.29, 0.717) is 0 Å². The van der Waals surface area contributed by atoms with Crippen LogP contribution in [-0.4, -0.2) is 24.7 Å². The summed E-state index contributed by atoms with van der Waals surface area (Å²) in [5.41, 5.74) is -0.789. The third-order valence-electron chi connectivity index (χ3n) is 1.75. The van der Waals surface area contributed by atoms with Crippen LogP contribution in [0.4, 0.5) is 0 Å². The van der Waals surface area contributed by atoms with Crippen molar-refractivity contribution in [3.63, 3.8) is 0 Å². The fourth-order valence-electron chi connectivity index (χ4n) is 1.20. The Morgan fingerprint density at radius 1 is 1.33 bits per heavy atom. The van der Waals surface area contributed by atoms with Gasteiger partial charge in [-0.05, 0) is 27.7 Å². The monoisotopic (exact) mass is 234 g/mol. The number of Topliss-reactive ketones (excluding diaryl/α,β-unsaturated/α-hetero) is 1. The Balaban J connectivity index is 4.99. The van der Waals surface area contributed by atoms with E-state index in [9.17, 15) is 9.36 Å². The van der Waals surface area contributed by atoms with Gasteiger partial charge < -0.3 is 9.05 Å². The van der Waals surface area contributed by atoms with Crippen molar-refractivity contribution >= 4 is 13.4 Å². The molecule has 0 aromatic heterocycles. The van der Waals surface area contributed by atoms with E-state index >= 15 is 0 Å². The van der Waals surface area contributed by atoms with Crippen molar-refractivity contribution in [3.05, 3.63) is 12.2 Å². The summed E-state index contributed by atoms with van der Waals surface area (Å²) in [6.45, 7) is 7.11. The average Bonchev–Trinajstić information content (AvgIpc) is 2.14. The summed E-state index contributed by atoms with van der Waals surface area (Å²) in [6, 6.07) is 0. The largest absolute Gasteiger partial charge is 0.344 e. The summed E-state index contributed by atoms with van der Waals surface area (Å²) in [5, 5.41) is 0. The van der Waals surface area contributed by atoms with Crippen LogP contribution in [0.2, 0.25) is 0 Å². The first-order chi connectivity index (χ1) is 7.01. The molecule has 0 amide bonds. The Labute approximate surface area is 91.2 Å². The molecule has 0 radical (unpaired) electrons. The first kappa shape index (κ1) is 14.6. The first-order valence-electron chi connectivity index (χ1n) is 5.03. The summed E-state index contributed by atoms with van der Waals surface area (Å²) in [7, 11) is -3.34. The number of carbonyl (C=O) groups excluding carboxylic acids is 1. The van der Waals surface area contributed by atoms with Crippen molar-refractivity contribution in [3.8, 4) is 0 Å². The molecule has 1 atom stereocenters. The lowest BCUT2D eigenvalue weighted by Crippen LogP contribution is -2.19. The van der Waals surface area contributed by atoms with E-state index in [0.717, 1.165) is 0 Å². The maximum Gasteiger partial charge on any atom is 0.344 e. The van der Waals surface area contributed by atoms with Crippen LogP contribution in [0.1, 0.15) is 27.7 Å². The van der Waals surface area contributed by atoms with Crippen LogP contribution in [0.5, 0.6) is 0 Å². The van der Waals surface area contributed by atoms with Crippen LogP contribution in [0, 0.1) is 0 Å². The van der Waals surface area contributed by atoms with Crippen molar-refractivity contribution in [2.75, 3.05) is 13.2 Å². The van der Waals surface area contributed by atoms with Crippen LogP contribution in [0.15, 0.2) is 12.2 Å². The molecular formula is C10H19O4P. The van der Waals surface area contributed by atoms with Crippen LogP contribution in [-0.2, 0) is 18.4 Å². The molecule has 1 unspecified atom stereocenters. The predicted molar refractivity (Wildman–Crippen MR) is 60.1 cm³/mol. The van der Waals surface area contributed by atoms with E-state index in [2.05, 4.69) is 0 Å². The topological polar surface area (TPSA) is 52.6 Å². The molecule has 0 rings (SSSR count). The van der Waals surface area contributed by atoms with Gasteiger partial charge in [-0.3, -0.25) is 9.36 Å². The first-order valence-corrected chi connectivity index (χ1v) is 6.65. The van der Waals surface area contributed by atoms with E-state index in [1.807, 2.05) is 0 Å². The zero-order valence-corrected chi connectivity index (χ0v) is 10.6. The molecule has 0 aromatic carbocycles. The van der Waals surface area contributed by atoms with Gasteiger partial charge in [0.15, 0.2) is 0 Å². The Morgan fingerprint density at radius 3 is 2.07 bits per heavy atom. The molecule has 0 heterocycles. The van der Waals surface area contributed by atoms with Gasteiger partial charge in [-0.15, -0.1) is 0 Å². The lowest BCUT2D eigenvalue weighted by atomic mass is 10.3. The SMILES string of the molecule is C/C=C/C(C(C)=O)P(=O)(OCC)OCC. The van der Waals surface area contributed by atoms with Crippen LogP contribution in [0.25, 0.3) is 0 Å². The number of allylic oxidation sites excluding steroid dienone is 2. The summed E-state index contributed by atoms with van der Waals surface area (Å²) in [6.07, 6.45) is 3.24. The molecule has 0 spiro atoms. The molecule has 0 bridgehead atoms. The number of ketones is 1. The third kappa shape index (κ3) is 4.29. The number of rotatable bonds is 7. The fraction of sp³-hybridized carbons (Fsp3) is 0.700. The minimum atomic E-state index is -3.34. The molecule has 15 heavy (non-hydrogen) atoms. The lowest BCUT2D eigenvalue weighted by Gasteiger charge is -2.21. The van der Waals surface area contributed by atoms with Gasteiger partial charge in [-0.2, -0.15) is 0 Å². The normalized spacial score (nSPS) is 14.4. The van der Waals surface area contributed by atoms with E-state index in [-0.39, 0.29) is 19.0 Å². The molecule has 4 nitrogen and oxygen atoms in total. The highest BCUT2D eigenvalue weighted by molar-refractivity contribution is 7.56. The zero-order chi connectivity index (χ0) is 11.9. The van der Waals surface area contributed by atoms with E-state index < -0.39 is 13.3 Å². The molecule has 0 aromatic rings. The highest BCUT2D eigenvalue weighted by atomic mass is 31.2. The van der Waals surface area contributed by atoms with Gasteiger partial charge >= 0.3 is 7.60 Å². The van der Waals surface area contributed by atoms with Crippen molar-refractivity contribution in [1.29, 1.82) is 0 Å². The minimum absolute atomic E-state index is 0.210. The molecule has 0 saturated heterocycles. The summed E-state index contributed by atoms with van der Waals surface area (Å²) >= 11 is 0. The van der Waals surface area contributed by atoms with Gasteiger partial charge in [0.05, 0.1) is 13.2 Å². The molecule has 0 aliphatic carbocycles. The average molecular weight is 234 g/mol. The molecule has 88 valence electrons. The van der Waals surface area contributed by atoms with Crippen LogP contribution in [0.3, 0.4) is 0 Å². The Kier molecular flexibility index (Phi) is 6.73. The molecular weight excluding hydrogens is 215 g/mol. The molecule has 0 saturated carbocycles. The second-order valence-electron chi connectivity index (χ2n) is 2.96. The smallest absolute Gasteiger partial charge is 0.308 e. The van der Waals surface area contributed by atoms with Crippen molar-refractivity contribution in [2.24, 2.45) is 0 Å². The highest BCUT2D eigenvalue weighted by Crippen LogP contribution is 2.53. The van der Waals surface area contributed by atoms with Crippen LogP contribution >= 0.6 is 7.60 Å². The van der Waals surface area contributed by atoms with E-state index in [1.54, 1.807) is 32.9 Å². The number of carbonyl (C=O) groups is 1. The standard InChI is InChI=1S/C10H19O4P/c1-5-8-10(9(4)11)15(12,13-6-2)14-7-3/h5,8,10H,6-7H2,1-4H3/b8-5+. The van der Waals surface area contributed by atoms with E-state index in [1.165, 1.54) is 6.92 Å². The lowest BCUT2D eigenvalue weighted by molar-refractivity contribution is -0.116. The Morgan fingerprint density at radius 2 is 1.80 bits per heavy atom. The van der Waals surface area contributed by atoms with Crippen molar-refractivity contribution in [2.45, 2.75) is 33.4 Å². The van der Waals surface area contributed by atoms with Gasteiger partial charge in [0.1, 0.15) is 11.4 Å². The Bertz CT molecular complexity index is 263. The maximum atomic E-state index is 12.2. The van der Waals surface area contributed by atoms with Crippen LogP contribution < -0.4 is 0 Å². The molecule has 0 aliphatic heterocycles. The summed E-state index contributed by atoms with van der Waals surface area (Å²) < 4.78 is 22.4. The molecule has 0 fully saturated rings. The molecule has 0 aliphatic rings. The predicted octanol–water partition coefficient (Wildman–Crippen LogP) is 2.79. The van der Waals surface area contributed by atoms with Crippen molar-refractivity contribution < 1.29 is 18.4 Å². The Hall–Kier alpha value is -0.440. The minimum Gasteiger partial charge on any atom is -0.308 e. The second kappa shape index (κ2) is 6.94. The van der Waals surface area contributed by atoms with Gasteiger partial charge in [-0.25, -0.2) is 0 Å². The van der Waals surface area contributed by atoms with Gasteiger partial charge in [-0.1, -0.05) is 12.2 Å². The van der Waals surface area contributed by atoms with E-state index in [4.69, 9.17) is 9.05 Å². The quantitative estimate of drug-likeness (QED) is 0.502. The summed E-state index contributed by atoms with van der Waals surface area (Å²) in [4.78, 5) is 11.3. The number of hydrogen-bond donors (Lipinski definition) is 0. The fourth-order valence-corrected chi connectivity index (χ4v) is 3.15. The maximum absolute atomic E-state index is 12.2. The molecule has 0 N–H and O–H groups in total.